The summed E-state index contributed by atoms with van der Waals surface area (Å²) in [4.78, 5) is 0. The van der Waals surface area contributed by atoms with Crippen molar-refractivity contribution in [1.29, 1.82) is 0 Å². The lowest BCUT2D eigenvalue weighted by Crippen LogP contribution is -2.18. The number of aryl methyl sites for hydroxylation is 1. The van der Waals surface area contributed by atoms with Crippen LogP contribution in [0.2, 0.25) is 0 Å². The molecule has 94 valence electrons. The average molecular weight is 232 g/mol. The summed E-state index contributed by atoms with van der Waals surface area (Å²) < 4.78 is 0. The third kappa shape index (κ3) is 3.39. The molecule has 1 aliphatic rings. The molecular weight excluding hydrogens is 208 g/mol. The molecule has 1 fully saturated rings. The van der Waals surface area contributed by atoms with Gasteiger partial charge >= 0.3 is 0 Å². The highest BCUT2D eigenvalue weighted by Gasteiger charge is 2.12. The minimum atomic E-state index is 0.643. The van der Waals surface area contributed by atoms with Crippen LogP contribution in [-0.4, -0.2) is 6.04 Å². The Morgan fingerprint density at radius 1 is 1.18 bits per heavy atom. The monoisotopic (exact) mass is 232 g/mol. The number of hydrogen-bond acceptors (Lipinski definition) is 2. The molecule has 2 rings (SSSR count). The van der Waals surface area contributed by atoms with E-state index in [-0.39, 0.29) is 0 Å². The highest BCUT2D eigenvalue weighted by Crippen LogP contribution is 2.23. The van der Waals surface area contributed by atoms with Crippen LogP contribution in [0.4, 0.5) is 11.4 Å². The van der Waals surface area contributed by atoms with Crippen molar-refractivity contribution < 1.29 is 0 Å². The lowest BCUT2D eigenvalue weighted by molar-refractivity contribution is 0.620. The molecule has 0 saturated heterocycles. The number of nitrogens with one attached hydrogen (secondary N) is 1. The molecule has 17 heavy (non-hydrogen) atoms. The van der Waals surface area contributed by atoms with Crippen molar-refractivity contribution in [2.24, 2.45) is 0 Å². The number of nitrogens with two attached hydrogens (primary N) is 1. The van der Waals surface area contributed by atoms with Crippen molar-refractivity contribution >= 4 is 11.4 Å². The molecule has 1 aromatic carbocycles. The molecule has 1 aromatic rings. The molecule has 0 atom stereocenters. The Kier molecular flexibility index (Phi) is 4.29. The van der Waals surface area contributed by atoms with E-state index in [1.165, 1.54) is 49.8 Å². The van der Waals surface area contributed by atoms with Gasteiger partial charge in [-0.15, -0.1) is 0 Å². The first kappa shape index (κ1) is 12.3. The topological polar surface area (TPSA) is 38.0 Å². The van der Waals surface area contributed by atoms with E-state index in [2.05, 4.69) is 30.4 Å². The highest BCUT2D eigenvalue weighted by molar-refractivity contribution is 5.59. The Morgan fingerprint density at radius 2 is 1.88 bits per heavy atom. The SMILES string of the molecule is CCc1ccc(NC2CCCCCC2)cc1N. The van der Waals surface area contributed by atoms with Crippen LogP contribution in [0.15, 0.2) is 18.2 Å². The Morgan fingerprint density at radius 3 is 2.47 bits per heavy atom. The molecule has 0 bridgehead atoms. The van der Waals surface area contributed by atoms with Crippen LogP contribution < -0.4 is 11.1 Å². The Balaban J connectivity index is 1.99. The molecule has 1 saturated carbocycles. The quantitative estimate of drug-likeness (QED) is 0.611. The van der Waals surface area contributed by atoms with Crippen LogP contribution in [0.3, 0.4) is 0 Å². The fourth-order valence-corrected chi connectivity index (χ4v) is 2.67. The van der Waals surface area contributed by atoms with E-state index < -0.39 is 0 Å². The molecule has 0 aliphatic heterocycles. The summed E-state index contributed by atoms with van der Waals surface area (Å²) in [5, 5.41) is 3.63. The predicted octanol–water partition coefficient (Wildman–Crippen LogP) is 3.97. The smallest absolute Gasteiger partial charge is 0.0367 e. The van der Waals surface area contributed by atoms with E-state index in [1.807, 2.05) is 0 Å². The number of anilines is 2. The first-order chi connectivity index (χ1) is 8.29. The first-order valence-corrected chi connectivity index (χ1v) is 6.94. The van der Waals surface area contributed by atoms with Crippen LogP contribution >= 0.6 is 0 Å². The van der Waals surface area contributed by atoms with Crippen molar-refractivity contribution in [3.63, 3.8) is 0 Å². The molecule has 2 heteroatoms. The van der Waals surface area contributed by atoms with Crippen molar-refractivity contribution in [2.45, 2.75) is 57.9 Å². The summed E-state index contributed by atoms with van der Waals surface area (Å²) in [5.74, 6) is 0. The van der Waals surface area contributed by atoms with E-state index in [4.69, 9.17) is 5.73 Å². The predicted molar refractivity (Wildman–Crippen MR) is 75.3 cm³/mol. The van der Waals surface area contributed by atoms with Gasteiger partial charge in [-0.2, -0.15) is 0 Å². The summed E-state index contributed by atoms with van der Waals surface area (Å²) in [6, 6.07) is 7.04. The van der Waals surface area contributed by atoms with Crippen molar-refractivity contribution in [2.75, 3.05) is 11.1 Å². The van der Waals surface area contributed by atoms with Gasteiger partial charge in [0, 0.05) is 17.4 Å². The van der Waals surface area contributed by atoms with Crippen LogP contribution in [-0.2, 0) is 6.42 Å². The summed E-state index contributed by atoms with van der Waals surface area (Å²) in [6.45, 7) is 2.14. The number of nitrogen functional groups attached to an aromatic ring is 1. The van der Waals surface area contributed by atoms with Gasteiger partial charge in [-0.05, 0) is 37.0 Å². The third-order valence-electron chi connectivity index (χ3n) is 3.75. The highest BCUT2D eigenvalue weighted by atomic mass is 14.9. The fraction of sp³-hybridized carbons (Fsp3) is 0.600. The maximum Gasteiger partial charge on any atom is 0.0367 e. The molecule has 2 nitrogen and oxygen atoms in total. The second-order valence-corrected chi connectivity index (χ2v) is 5.10. The lowest BCUT2D eigenvalue weighted by atomic mass is 10.1. The van der Waals surface area contributed by atoms with Gasteiger partial charge in [0.15, 0.2) is 0 Å². The van der Waals surface area contributed by atoms with Gasteiger partial charge < -0.3 is 11.1 Å². The minimum Gasteiger partial charge on any atom is -0.398 e. The van der Waals surface area contributed by atoms with E-state index >= 15 is 0 Å². The molecule has 0 amide bonds. The van der Waals surface area contributed by atoms with Gasteiger partial charge in [0.25, 0.3) is 0 Å². The van der Waals surface area contributed by atoms with Gasteiger partial charge in [0.2, 0.25) is 0 Å². The van der Waals surface area contributed by atoms with Crippen molar-refractivity contribution in [3.05, 3.63) is 23.8 Å². The van der Waals surface area contributed by atoms with Crippen LogP contribution in [0.1, 0.15) is 51.0 Å². The molecular formula is C15H24N2. The average Bonchev–Trinajstić information content (AvgIpc) is 2.58. The molecule has 1 aliphatic carbocycles. The second-order valence-electron chi connectivity index (χ2n) is 5.10. The van der Waals surface area contributed by atoms with E-state index in [1.54, 1.807) is 0 Å². The van der Waals surface area contributed by atoms with Crippen molar-refractivity contribution in [3.8, 4) is 0 Å². The zero-order valence-electron chi connectivity index (χ0n) is 10.8. The van der Waals surface area contributed by atoms with Gasteiger partial charge in [0.05, 0.1) is 0 Å². The maximum absolute atomic E-state index is 6.03. The van der Waals surface area contributed by atoms with Crippen LogP contribution in [0.5, 0.6) is 0 Å². The summed E-state index contributed by atoms with van der Waals surface area (Å²) >= 11 is 0. The van der Waals surface area contributed by atoms with E-state index in [0.29, 0.717) is 6.04 Å². The van der Waals surface area contributed by atoms with E-state index in [9.17, 15) is 0 Å². The minimum absolute atomic E-state index is 0.643. The lowest BCUT2D eigenvalue weighted by Gasteiger charge is -2.18. The maximum atomic E-state index is 6.03. The Labute approximate surface area is 105 Å². The van der Waals surface area contributed by atoms with Crippen LogP contribution in [0, 0.1) is 0 Å². The Bertz CT molecular complexity index is 352. The first-order valence-electron chi connectivity index (χ1n) is 6.94. The molecule has 0 unspecified atom stereocenters. The molecule has 0 spiro atoms. The van der Waals surface area contributed by atoms with Gasteiger partial charge in [-0.3, -0.25) is 0 Å². The zero-order valence-corrected chi connectivity index (χ0v) is 10.8. The summed E-state index contributed by atoms with van der Waals surface area (Å²) in [7, 11) is 0. The third-order valence-corrected chi connectivity index (χ3v) is 3.75. The molecule has 0 heterocycles. The number of benzene rings is 1. The normalized spacial score (nSPS) is 17.7. The standard InChI is InChI=1S/C15H24N2/c1-2-12-9-10-14(11-15(12)16)17-13-7-5-3-4-6-8-13/h9-11,13,17H,2-8,16H2,1H3. The molecule has 0 radical (unpaired) electrons. The van der Waals surface area contributed by atoms with Crippen molar-refractivity contribution in [1.82, 2.24) is 0 Å². The molecule has 0 aromatic heterocycles. The van der Waals surface area contributed by atoms with E-state index in [0.717, 1.165) is 12.1 Å². The van der Waals surface area contributed by atoms with Gasteiger partial charge in [-0.1, -0.05) is 38.7 Å². The zero-order chi connectivity index (χ0) is 12.1. The Hall–Kier alpha value is -1.18. The fourth-order valence-electron chi connectivity index (χ4n) is 2.67. The molecule has 3 N–H and O–H groups in total. The largest absolute Gasteiger partial charge is 0.398 e. The summed E-state index contributed by atoms with van der Waals surface area (Å²) in [6.07, 6.45) is 9.13. The van der Waals surface area contributed by atoms with Gasteiger partial charge in [-0.25, -0.2) is 0 Å². The number of rotatable bonds is 3. The number of hydrogen-bond donors (Lipinski definition) is 2. The van der Waals surface area contributed by atoms with Crippen LogP contribution in [0.25, 0.3) is 0 Å². The summed E-state index contributed by atoms with van der Waals surface area (Å²) in [5.41, 5.74) is 9.38. The van der Waals surface area contributed by atoms with Gasteiger partial charge in [0.1, 0.15) is 0 Å². The second kappa shape index (κ2) is 5.95.